The number of guanidine groups is 1. The van der Waals surface area contributed by atoms with E-state index in [-0.39, 0.29) is 24.0 Å². The summed E-state index contributed by atoms with van der Waals surface area (Å²) < 4.78 is 16.3. The average Bonchev–Trinajstić information content (AvgIpc) is 2.71. The van der Waals surface area contributed by atoms with Crippen LogP contribution in [0.25, 0.3) is 0 Å². The Morgan fingerprint density at radius 3 is 2.39 bits per heavy atom. The Hall–Kier alpha value is -2.16. The number of ether oxygens (including phenoxy) is 3. The third-order valence-corrected chi connectivity index (χ3v) is 4.10. The SMILES string of the molecule is CCOc1ccccc1CNC(=NC)NCCc1ccc(OC)c(OC)c1.I. The number of para-hydroxylation sites is 1. The van der Waals surface area contributed by atoms with Crippen LogP contribution in [0, 0.1) is 0 Å². The van der Waals surface area contributed by atoms with Gasteiger partial charge in [0.2, 0.25) is 0 Å². The Labute approximate surface area is 184 Å². The predicted octanol–water partition coefficient (Wildman–Crippen LogP) is 3.63. The number of halogens is 1. The van der Waals surface area contributed by atoms with Gasteiger partial charge < -0.3 is 24.8 Å². The first-order valence-electron chi connectivity index (χ1n) is 9.08. The lowest BCUT2D eigenvalue weighted by Gasteiger charge is -2.15. The van der Waals surface area contributed by atoms with Crippen LogP contribution in [0.2, 0.25) is 0 Å². The van der Waals surface area contributed by atoms with Crippen molar-refractivity contribution in [3.8, 4) is 17.2 Å². The Morgan fingerprint density at radius 1 is 0.964 bits per heavy atom. The molecule has 0 saturated carbocycles. The average molecular weight is 499 g/mol. The molecular weight excluding hydrogens is 469 g/mol. The van der Waals surface area contributed by atoms with Gasteiger partial charge in [0.1, 0.15) is 5.75 Å². The van der Waals surface area contributed by atoms with Gasteiger partial charge in [0.15, 0.2) is 17.5 Å². The molecule has 0 atom stereocenters. The third-order valence-electron chi connectivity index (χ3n) is 4.10. The maximum Gasteiger partial charge on any atom is 0.191 e. The van der Waals surface area contributed by atoms with Gasteiger partial charge in [0.25, 0.3) is 0 Å². The summed E-state index contributed by atoms with van der Waals surface area (Å²) in [6.45, 7) is 4.03. The molecule has 0 aliphatic rings. The van der Waals surface area contributed by atoms with E-state index in [0.29, 0.717) is 13.2 Å². The van der Waals surface area contributed by atoms with E-state index in [1.165, 1.54) is 0 Å². The van der Waals surface area contributed by atoms with Crippen molar-refractivity contribution in [2.24, 2.45) is 4.99 Å². The second-order valence-electron chi connectivity index (χ2n) is 5.83. The van der Waals surface area contributed by atoms with Crippen LogP contribution in [0.15, 0.2) is 47.5 Å². The molecule has 2 rings (SSSR count). The molecule has 0 amide bonds. The van der Waals surface area contributed by atoms with Crippen molar-refractivity contribution in [1.29, 1.82) is 0 Å². The zero-order chi connectivity index (χ0) is 19.5. The lowest BCUT2D eigenvalue weighted by atomic mass is 10.1. The fourth-order valence-electron chi connectivity index (χ4n) is 2.71. The van der Waals surface area contributed by atoms with Gasteiger partial charge in [-0.05, 0) is 37.1 Å². The van der Waals surface area contributed by atoms with Crippen molar-refractivity contribution in [2.45, 2.75) is 19.9 Å². The molecular formula is C21H30IN3O3. The van der Waals surface area contributed by atoms with Gasteiger partial charge in [0.05, 0.1) is 20.8 Å². The normalized spacial score (nSPS) is 10.6. The quantitative estimate of drug-likeness (QED) is 0.314. The number of hydrogen-bond acceptors (Lipinski definition) is 4. The van der Waals surface area contributed by atoms with Crippen molar-refractivity contribution in [3.05, 3.63) is 53.6 Å². The van der Waals surface area contributed by atoms with Crippen LogP contribution in [0.1, 0.15) is 18.1 Å². The number of methoxy groups -OCH3 is 2. The molecule has 2 N–H and O–H groups in total. The minimum atomic E-state index is 0. The summed E-state index contributed by atoms with van der Waals surface area (Å²) in [7, 11) is 5.05. The molecule has 0 spiro atoms. The first kappa shape index (κ1) is 23.9. The van der Waals surface area contributed by atoms with E-state index < -0.39 is 0 Å². The van der Waals surface area contributed by atoms with Gasteiger partial charge in [-0.1, -0.05) is 24.3 Å². The Balaban J connectivity index is 0.00000392. The number of aliphatic imine (C=N–C) groups is 1. The highest BCUT2D eigenvalue weighted by Gasteiger charge is 2.06. The van der Waals surface area contributed by atoms with E-state index in [9.17, 15) is 0 Å². The Kier molecular flexibility index (Phi) is 11.2. The van der Waals surface area contributed by atoms with Crippen molar-refractivity contribution in [1.82, 2.24) is 10.6 Å². The molecule has 7 heteroatoms. The van der Waals surface area contributed by atoms with E-state index in [1.807, 2.05) is 43.3 Å². The zero-order valence-electron chi connectivity index (χ0n) is 17.0. The minimum absolute atomic E-state index is 0. The Bertz CT molecular complexity index is 753. The zero-order valence-corrected chi connectivity index (χ0v) is 19.3. The molecule has 0 aliphatic carbocycles. The van der Waals surface area contributed by atoms with Gasteiger partial charge in [-0.15, -0.1) is 24.0 Å². The molecule has 0 saturated heterocycles. The first-order chi connectivity index (χ1) is 13.2. The molecule has 28 heavy (non-hydrogen) atoms. The molecule has 0 fully saturated rings. The predicted molar refractivity (Wildman–Crippen MR) is 124 cm³/mol. The molecule has 0 unspecified atom stereocenters. The van der Waals surface area contributed by atoms with Gasteiger partial charge in [-0.25, -0.2) is 0 Å². The summed E-state index contributed by atoms with van der Waals surface area (Å²) in [6, 6.07) is 14.0. The highest BCUT2D eigenvalue weighted by molar-refractivity contribution is 14.0. The molecule has 2 aromatic rings. The second kappa shape index (κ2) is 13.1. The van der Waals surface area contributed by atoms with E-state index in [2.05, 4.69) is 21.7 Å². The van der Waals surface area contributed by atoms with Crippen LogP contribution in [0.3, 0.4) is 0 Å². The lowest BCUT2D eigenvalue weighted by Crippen LogP contribution is -2.37. The standard InChI is InChI=1S/C21H29N3O3.HI/c1-5-27-18-9-7-6-8-17(18)15-24-21(22-2)23-13-12-16-10-11-19(25-3)20(14-16)26-4;/h6-11,14H,5,12-13,15H2,1-4H3,(H2,22,23,24);1H. The van der Waals surface area contributed by atoms with Crippen molar-refractivity contribution < 1.29 is 14.2 Å². The molecule has 6 nitrogen and oxygen atoms in total. The number of hydrogen-bond donors (Lipinski definition) is 2. The molecule has 0 aliphatic heterocycles. The van der Waals surface area contributed by atoms with Crippen LogP contribution < -0.4 is 24.8 Å². The van der Waals surface area contributed by atoms with Gasteiger partial charge in [-0.2, -0.15) is 0 Å². The maximum absolute atomic E-state index is 5.66. The van der Waals surface area contributed by atoms with Crippen LogP contribution in [-0.4, -0.2) is 40.4 Å². The molecule has 0 radical (unpaired) electrons. The maximum atomic E-state index is 5.66. The van der Waals surface area contributed by atoms with Gasteiger partial charge >= 0.3 is 0 Å². The number of rotatable bonds is 9. The molecule has 0 heterocycles. The van der Waals surface area contributed by atoms with Crippen LogP contribution in [0.4, 0.5) is 0 Å². The van der Waals surface area contributed by atoms with Crippen LogP contribution in [0.5, 0.6) is 17.2 Å². The molecule has 154 valence electrons. The topological polar surface area (TPSA) is 64.1 Å². The number of benzene rings is 2. The van der Waals surface area contributed by atoms with Crippen molar-refractivity contribution in [3.63, 3.8) is 0 Å². The van der Waals surface area contributed by atoms with E-state index in [1.54, 1.807) is 21.3 Å². The third kappa shape index (κ3) is 7.10. The summed E-state index contributed by atoms with van der Waals surface area (Å²) in [5, 5.41) is 6.66. The number of nitrogens with one attached hydrogen (secondary N) is 2. The largest absolute Gasteiger partial charge is 0.494 e. The van der Waals surface area contributed by atoms with E-state index in [0.717, 1.165) is 47.3 Å². The Morgan fingerprint density at radius 2 is 1.71 bits per heavy atom. The summed E-state index contributed by atoms with van der Waals surface area (Å²) in [5.41, 5.74) is 2.26. The fourth-order valence-corrected chi connectivity index (χ4v) is 2.71. The fraction of sp³-hybridized carbons (Fsp3) is 0.381. The van der Waals surface area contributed by atoms with E-state index >= 15 is 0 Å². The smallest absolute Gasteiger partial charge is 0.191 e. The molecule has 0 aromatic heterocycles. The second-order valence-corrected chi connectivity index (χ2v) is 5.83. The highest BCUT2D eigenvalue weighted by Crippen LogP contribution is 2.27. The van der Waals surface area contributed by atoms with E-state index in [4.69, 9.17) is 14.2 Å². The van der Waals surface area contributed by atoms with Crippen molar-refractivity contribution >= 4 is 29.9 Å². The van der Waals surface area contributed by atoms with Gasteiger partial charge in [-0.3, -0.25) is 4.99 Å². The molecule has 0 bridgehead atoms. The van der Waals surface area contributed by atoms with Crippen LogP contribution in [-0.2, 0) is 13.0 Å². The summed E-state index contributed by atoms with van der Waals surface area (Å²) >= 11 is 0. The molecule has 2 aromatic carbocycles. The lowest BCUT2D eigenvalue weighted by molar-refractivity contribution is 0.336. The summed E-state index contributed by atoms with van der Waals surface area (Å²) in [6.07, 6.45) is 0.844. The monoisotopic (exact) mass is 499 g/mol. The summed E-state index contributed by atoms with van der Waals surface area (Å²) in [4.78, 5) is 4.28. The number of nitrogens with zero attached hydrogens (tertiary/aromatic N) is 1. The minimum Gasteiger partial charge on any atom is -0.494 e. The van der Waals surface area contributed by atoms with Crippen molar-refractivity contribution in [2.75, 3.05) is 34.4 Å². The van der Waals surface area contributed by atoms with Gasteiger partial charge in [0, 0.05) is 25.7 Å². The summed E-state index contributed by atoms with van der Waals surface area (Å²) in [5.74, 6) is 3.12. The first-order valence-corrected chi connectivity index (χ1v) is 9.08. The highest BCUT2D eigenvalue weighted by atomic mass is 127. The van der Waals surface area contributed by atoms with Crippen LogP contribution >= 0.6 is 24.0 Å².